The van der Waals surface area contributed by atoms with E-state index in [9.17, 15) is 9.90 Å². The van der Waals surface area contributed by atoms with E-state index in [0.717, 1.165) is 67.5 Å². The van der Waals surface area contributed by atoms with Gasteiger partial charge >= 0.3 is 5.97 Å². The number of fused-ring (bicyclic) bond motifs is 1. The van der Waals surface area contributed by atoms with E-state index in [0.29, 0.717) is 11.8 Å². The van der Waals surface area contributed by atoms with Crippen LogP contribution in [0.1, 0.15) is 62.8 Å². The highest BCUT2D eigenvalue weighted by molar-refractivity contribution is 5.74. The number of rotatable bonds is 12. The Morgan fingerprint density at radius 1 is 1.10 bits per heavy atom. The Labute approximate surface area is 182 Å². The zero-order valence-electron chi connectivity index (χ0n) is 17.9. The first-order valence-corrected chi connectivity index (χ1v) is 10.9. The molecule has 0 spiro atoms. The third-order valence-corrected chi connectivity index (χ3v) is 5.18. The minimum absolute atomic E-state index is 0.0699. The molecule has 164 valence electrons. The molecule has 1 aromatic carbocycles. The van der Waals surface area contributed by atoms with Gasteiger partial charge in [0.2, 0.25) is 5.95 Å². The molecule has 1 unspecified atom stereocenters. The van der Waals surface area contributed by atoms with Gasteiger partial charge in [-0.25, -0.2) is 9.97 Å². The van der Waals surface area contributed by atoms with Gasteiger partial charge in [0.05, 0.1) is 23.1 Å². The number of carboxylic acid groups (broad SMARTS) is 1. The number of hydrogen-bond acceptors (Lipinski definition) is 7. The van der Waals surface area contributed by atoms with Gasteiger partial charge in [-0.2, -0.15) is 4.98 Å². The Morgan fingerprint density at radius 2 is 1.87 bits per heavy atom. The largest absolute Gasteiger partial charge is 0.481 e. The molecule has 1 atom stereocenters. The predicted molar refractivity (Wildman–Crippen MR) is 122 cm³/mol. The van der Waals surface area contributed by atoms with Gasteiger partial charge in [0.1, 0.15) is 5.82 Å². The number of aromatic nitrogens is 4. The monoisotopic (exact) mass is 422 g/mol. The van der Waals surface area contributed by atoms with Crippen molar-refractivity contribution in [3.8, 4) is 0 Å². The van der Waals surface area contributed by atoms with Gasteiger partial charge in [-0.15, -0.1) is 0 Å². The van der Waals surface area contributed by atoms with E-state index in [1.807, 2.05) is 37.3 Å². The van der Waals surface area contributed by atoms with Gasteiger partial charge in [0, 0.05) is 30.4 Å². The first-order chi connectivity index (χ1) is 15.0. The lowest BCUT2D eigenvalue weighted by Crippen LogP contribution is -2.09. The average Bonchev–Trinajstić information content (AvgIpc) is 2.74. The van der Waals surface area contributed by atoms with Gasteiger partial charge in [-0.3, -0.25) is 9.78 Å². The highest BCUT2D eigenvalue weighted by Gasteiger charge is 2.17. The molecule has 8 nitrogen and oxygen atoms in total. The molecule has 0 aliphatic carbocycles. The number of nitrogens with one attached hydrogen (secondary N) is 1. The zero-order valence-corrected chi connectivity index (χ0v) is 17.9. The summed E-state index contributed by atoms with van der Waals surface area (Å²) in [5.74, 6) is 0.121. The second kappa shape index (κ2) is 11.2. The number of hydrogen-bond donors (Lipinski definition) is 3. The molecule has 0 radical (unpaired) electrons. The van der Waals surface area contributed by atoms with Crippen molar-refractivity contribution in [2.75, 3.05) is 17.6 Å². The third kappa shape index (κ3) is 6.87. The molecule has 0 amide bonds. The number of nitrogens with zero attached hydrogens (tertiary/aromatic N) is 4. The van der Waals surface area contributed by atoms with E-state index in [1.54, 1.807) is 6.20 Å². The van der Waals surface area contributed by atoms with E-state index in [-0.39, 0.29) is 12.3 Å². The van der Waals surface area contributed by atoms with Crippen molar-refractivity contribution in [2.24, 2.45) is 0 Å². The first kappa shape index (κ1) is 22.4. The molecule has 0 saturated heterocycles. The van der Waals surface area contributed by atoms with Crippen LogP contribution < -0.4 is 11.1 Å². The van der Waals surface area contributed by atoms with Crippen molar-refractivity contribution in [3.63, 3.8) is 0 Å². The number of unbranched alkanes of at least 4 members (excludes halogenated alkanes) is 3. The molecule has 8 heteroatoms. The van der Waals surface area contributed by atoms with Crippen LogP contribution in [0.15, 0.2) is 36.5 Å². The summed E-state index contributed by atoms with van der Waals surface area (Å²) in [6.45, 7) is 2.75. The number of aryl methyl sites for hydroxylation is 1. The van der Waals surface area contributed by atoms with Crippen LogP contribution in [-0.4, -0.2) is 37.6 Å². The number of nitrogens with two attached hydrogens (primary N) is 1. The summed E-state index contributed by atoms with van der Waals surface area (Å²) in [4.78, 5) is 29.1. The molecule has 0 aliphatic rings. The molecule has 31 heavy (non-hydrogen) atoms. The predicted octanol–water partition coefficient (Wildman–Crippen LogP) is 4.19. The van der Waals surface area contributed by atoms with Gasteiger partial charge in [0.15, 0.2) is 0 Å². The lowest BCUT2D eigenvalue weighted by Gasteiger charge is -2.14. The minimum Gasteiger partial charge on any atom is -0.481 e. The SMILES string of the molecule is CCNc1nc(N)cc(CCCCCCC(CC(=O)O)c2cnc3ccccc3n2)n1. The number of para-hydroxylation sites is 2. The van der Waals surface area contributed by atoms with Gasteiger partial charge in [0.25, 0.3) is 0 Å². The molecule has 0 fully saturated rings. The van der Waals surface area contributed by atoms with E-state index in [1.165, 1.54) is 0 Å². The average molecular weight is 423 g/mol. The molecule has 3 rings (SSSR count). The summed E-state index contributed by atoms with van der Waals surface area (Å²) in [6.07, 6.45) is 7.44. The van der Waals surface area contributed by atoms with Gasteiger partial charge in [-0.05, 0) is 38.3 Å². The number of carboxylic acids is 1. The quantitative estimate of drug-likeness (QED) is 0.371. The fraction of sp³-hybridized carbons (Fsp3) is 0.435. The Hall–Kier alpha value is -3.29. The maximum atomic E-state index is 11.4. The lowest BCUT2D eigenvalue weighted by molar-refractivity contribution is -0.137. The Bertz CT molecular complexity index is 1010. The van der Waals surface area contributed by atoms with Crippen LogP contribution in [0.5, 0.6) is 0 Å². The molecular formula is C23H30N6O2. The van der Waals surface area contributed by atoms with Crippen molar-refractivity contribution in [1.82, 2.24) is 19.9 Å². The Balaban J connectivity index is 1.49. The summed E-state index contributed by atoms with van der Waals surface area (Å²) in [5, 5.41) is 12.4. The summed E-state index contributed by atoms with van der Waals surface area (Å²) in [5.41, 5.74) is 9.18. The van der Waals surface area contributed by atoms with Crippen LogP contribution in [0.25, 0.3) is 11.0 Å². The number of benzene rings is 1. The minimum atomic E-state index is -0.808. The Kier molecular flexibility index (Phi) is 8.09. The maximum absolute atomic E-state index is 11.4. The molecular weight excluding hydrogens is 392 g/mol. The van der Waals surface area contributed by atoms with E-state index >= 15 is 0 Å². The van der Waals surface area contributed by atoms with Crippen LogP contribution in [0.4, 0.5) is 11.8 Å². The normalized spacial score (nSPS) is 12.0. The topological polar surface area (TPSA) is 127 Å². The van der Waals surface area contributed by atoms with Crippen molar-refractivity contribution in [1.29, 1.82) is 0 Å². The number of carbonyl (C=O) groups is 1. The smallest absolute Gasteiger partial charge is 0.304 e. The van der Waals surface area contributed by atoms with E-state index < -0.39 is 5.97 Å². The fourth-order valence-electron chi connectivity index (χ4n) is 3.67. The van der Waals surface area contributed by atoms with Crippen molar-refractivity contribution < 1.29 is 9.90 Å². The number of anilines is 2. The van der Waals surface area contributed by atoms with Crippen LogP contribution in [-0.2, 0) is 11.2 Å². The van der Waals surface area contributed by atoms with Gasteiger partial charge < -0.3 is 16.2 Å². The van der Waals surface area contributed by atoms with Gasteiger partial charge in [-0.1, -0.05) is 31.4 Å². The molecule has 2 heterocycles. The zero-order chi connectivity index (χ0) is 22.1. The molecule has 0 saturated carbocycles. The number of nitrogen functional groups attached to an aromatic ring is 1. The second-order valence-electron chi connectivity index (χ2n) is 7.67. The first-order valence-electron chi connectivity index (χ1n) is 10.9. The molecule has 0 bridgehead atoms. The summed E-state index contributed by atoms with van der Waals surface area (Å²) in [6, 6.07) is 9.47. The lowest BCUT2D eigenvalue weighted by atomic mass is 9.94. The van der Waals surface area contributed by atoms with Crippen molar-refractivity contribution in [3.05, 3.63) is 47.9 Å². The number of aliphatic carboxylic acids is 1. The van der Waals surface area contributed by atoms with Crippen LogP contribution in [0.3, 0.4) is 0 Å². The van der Waals surface area contributed by atoms with Crippen LogP contribution in [0.2, 0.25) is 0 Å². The molecule has 2 aromatic heterocycles. The molecule has 0 aliphatic heterocycles. The van der Waals surface area contributed by atoms with Crippen LogP contribution in [0, 0.1) is 0 Å². The molecule has 4 N–H and O–H groups in total. The van der Waals surface area contributed by atoms with E-state index in [4.69, 9.17) is 5.73 Å². The summed E-state index contributed by atoms with van der Waals surface area (Å²) >= 11 is 0. The van der Waals surface area contributed by atoms with E-state index in [2.05, 4.69) is 25.3 Å². The van der Waals surface area contributed by atoms with Crippen LogP contribution >= 0.6 is 0 Å². The van der Waals surface area contributed by atoms with Crippen molar-refractivity contribution >= 4 is 28.8 Å². The van der Waals surface area contributed by atoms with Crippen molar-refractivity contribution in [2.45, 2.75) is 57.8 Å². The summed E-state index contributed by atoms with van der Waals surface area (Å²) in [7, 11) is 0. The third-order valence-electron chi connectivity index (χ3n) is 5.18. The fourth-order valence-corrected chi connectivity index (χ4v) is 3.67. The standard InChI is InChI=1S/C23H30N6O2/c1-2-25-23-27-17(14-21(24)29-23)10-6-4-3-5-9-16(13-22(30)31)20-15-26-18-11-7-8-12-19(18)28-20/h7-8,11-12,14-16H,2-6,9-10,13H2,1H3,(H,30,31)(H3,24,25,27,29). The highest BCUT2D eigenvalue weighted by atomic mass is 16.4. The molecule has 3 aromatic rings. The highest BCUT2D eigenvalue weighted by Crippen LogP contribution is 2.26. The Morgan fingerprint density at radius 3 is 2.65 bits per heavy atom. The summed E-state index contributed by atoms with van der Waals surface area (Å²) < 4.78 is 0. The maximum Gasteiger partial charge on any atom is 0.304 e. The second-order valence-corrected chi connectivity index (χ2v) is 7.67.